The summed E-state index contributed by atoms with van der Waals surface area (Å²) in [5, 5.41) is 12.8. The van der Waals surface area contributed by atoms with Crippen molar-refractivity contribution in [2.24, 2.45) is 5.92 Å². The van der Waals surface area contributed by atoms with E-state index in [1.807, 2.05) is 0 Å². The van der Waals surface area contributed by atoms with Crippen molar-refractivity contribution >= 4 is 0 Å². The Morgan fingerprint density at radius 2 is 1.62 bits per heavy atom. The largest absolute Gasteiger partial charge is 0.309 e. The molecule has 0 amide bonds. The van der Waals surface area contributed by atoms with Crippen LogP contribution in [0.1, 0.15) is 17.5 Å². The van der Waals surface area contributed by atoms with Crippen molar-refractivity contribution in [2.45, 2.75) is 25.4 Å². The van der Waals surface area contributed by atoms with Crippen LogP contribution in [0.25, 0.3) is 0 Å². The van der Waals surface area contributed by atoms with Crippen LogP contribution in [-0.2, 0) is 13.0 Å². The van der Waals surface area contributed by atoms with Gasteiger partial charge in [0.15, 0.2) is 0 Å². The smallest absolute Gasteiger partial charge is 0.0866 e. The molecule has 1 aliphatic heterocycles. The van der Waals surface area contributed by atoms with Crippen LogP contribution in [0.15, 0.2) is 60.7 Å². The average Bonchev–Trinajstić information content (AvgIpc) is 2.62. The lowest BCUT2D eigenvalue weighted by Gasteiger charge is -2.37. The molecule has 124 valence electrons. The Balaban J connectivity index is 1.60. The van der Waals surface area contributed by atoms with Crippen molar-refractivity contribution in [2.75, 3.05) is 19.6 Å². The molecule has 0 bridgehead atoms. The van der Waals surface area contributed by atoms with Gasteiger partial charge in [0, 0.05) is 25.7 Å². The molecule has 2 atom stereocenters. The van der Waals surface area contributed by atoms with E-state index in [4.69, 9.17) is 5.26 Å². The standard InChI is InChI=1S/C21H25N3/c22-11-12-24-16-20(13-18-7-3-1-4-8-18)14-21(17-24)23-15-19-9-5-2-6-10-19/h1-10,20-21,23H,12-17H2. The van der Waals surface area contributed by atoms with Crippen molar-refractivity contribution in [1.82, 2.24) is 10.2 Å². The summed E-state index contributed by atoms with van der Waals surface area (Å²) in [5.41, 5.74) is 2.71. The zero-order chi connectivity index (χ0) is 16.6. The number of benzene rings is 2. The summed E-state index contributed by atoms with van der Waals surface area (Å²) < 4.78 is 0. The lowest BCUT2D eigenvalue weighted by atomic mass is 9.88. The van der Waals surface area contributed by atoms with Crippen LogP contribution in [0.2, 0.25) is 0 Å². The summed E-state index contributed by atoms with van der Waals surface area (Å²) in [6, 6.07) is 24.0. The Kier molecular flexibility index (Phi) is 6.01. The summed E-state index contributed by atoms with van der Waals surface area (Å²) in [6.45, 7) is 3.40. The molecule has 3 nitrogen and oxygen atoms in total. The minimum Gasteiger partial charge on any atom is -0.309 e. The van der Waals surface area contributed by atoms with Gasteiger partial charge in [-0.3, -0.25) is 4.90 Å². The molecular formula is C21H25N3. The molecule has 0 aliphatic carbocycles. The molecule has 1 heterocycles. The molecule has 2 unspecified atom stereocenters. The quantitative estimate of drug-likeness (QED) is 0.831. The van der Waals surface area contributed by atoms with Gasteiger partial charge in [-0.15, -0.1) is 0 Å². The van der Waals surface area contributed by atoms with Crippen molar-refractivity contribution in [3.8, 4) is 6.07 Å². The van der Waals surface area contributed by atoms with Gasteiger partial charge in [-0.05, 0) is 29.9 Å². The van der Waals surface area contributed by atoms with E-state index >= 15 is 0 Å². The zero-order valence-corrected chi connectivity index (χ0v) is 14.1. The molecule has 1 fully saturated rings. The molecule has 2 aromatic rings. The van der Waals surface area contributed by atoms with Gasteiger partial charge in [0.1, 0.15) is 0 Å². The highest BCUT2D eigenvalue weighted by molar-refractivity contribution is 5.16. The highest BCUT2D eigenvalue weighted by atomic mass is 15.2. The molecule has 0 spiro atoms. The highest BCUT2D eigenvalue weighted by Gasteiger charge is 2.26. The molecule has 0 radical (unpaired) electrons. The van der Waals surface area contributed by atoms with Gasteiger partial charge in [-0.2, -0.15) is 5.26 Å². The fourth-order valence-electron chi connectivity index (χ4n) is 3.63. The third-order valence-electron chi connectivity index (χ3n) is 4.71. The monoisotopic (exact) mass is 319 g/mol. The molecular weight excluding hydrogens is 294 g/mol. The van der Waals surface area contributed by atoms with E-state index in [1.165, 1.54) is 17.5 Å². The maximum Gasteiger partial charge on any atom is 0.0866 e. The SMILES string of the molecule is N#CCN1CC(Cc2ccccc2)CC(NCc2ccccc2)C1. The van der Waals surface area contributed by atoms with Gasteiger partial charge in [0.05, 0.1) is 12.6 Å². The summed E-state index contributed by atoms with van der Waals surface area (Å²) >= 11 is 0. The number of nitrogens with one attached hydrogen (secondary N) is 1. The van der Waals surface area contributed by atoms with Gasteiger partial charge >= 0.3 is 0 Å². The van der Waals surface area contributed by atoms with Crippen LogP contribution in [0.4, 0.5) is 0 Å². The second-order valence-corrected chi connectivity index (χ2v) is 6.71. The Labute approximate surface area is 144 Å². The lowest BCUT2D eigenvalue weighted by molar-refractivity contribution is 0.154. The van der Waals surface area contributed by atoms with E-state index in [-0.39, 0.29) is 0 Å². The van der Waals surface area contributed by atoms with Crippen molar-refractivity contribution in [3.05, 3.63) is 71.8 Å². The van der Waals surface area contributed by atoms with E-state index in [0.717, 1.165) is 26.1 Å². The number of nitrogens with zero attached hydrogens (tertiary/aromatic N) is 2. The Bertz CT molecular complexity index is 648. The summed E-state index contributed by atoms with van der Waals surface area (Å²) in [5.74, 6) is 0.600. The molecule has 24 heavy (non-hydrogen) atoms. The van der Waals surface area contributed by atoms with E-state index in [2.05, 4.69) is 76.9 Å². The lowest BCUT2D eigenvalue weighted by Crippen LogP contribution is -2.49. The Morgan fingerprint density at radius 1 is 0.958 bits per heavy atom. The summed E-state index contributed by atoms with van der Waals surface area (Å²) in [7, 11) is 0. The second-order valence-electron chi connectivity index (χ2n) is 6.71. The number of hydrogen-bond donors (Lipinski definition) is 1. The van der Waals surface area contributed by atoms with Crippen molar-refractivity contribution in [3.63, 3.8) is 0 Å². The average molecular weight is 319 g/mol. The fourth-order valence-corrected chi connectivity index (χ4v) is 3.63. The first-order chi connectivity index (χ1) is 11.8. The third kappa shape index (κ3) is 4.92. The fraction of sp³-hybridized carbons (Fsp3) is 0.381. The number of rotatable bonds is 6. The van der Waals surface area contributed by atoms with E-state index in [1.54, 1.807) is 0 Å². The zero-order valence-electron chi connectivity index (χ0n) is 14.1. The number of hydrogen-bond acceptors (Lipinski definition) is 3. The normalized spacial score (nSPS) is 21.3. The molecule has 0 aromatic heterocycles. The second kappa shape index (κ2) is 8.63. The first-order valence-electron chi connectivity index (χ1n) is 8.74. The van der Waals surface area contributed by atoms with Gasteiger partial charge < -0.3 is 5.32 Å². The molecule has 2 aromatic carbocycles. The summed E-state index contributed by atoms with van der Waals surface area (Å²) in [4.78, 5) is 2.29. The van der Waals surface area contributed by atoms with Gasteiger partial charge in [-0.25, -0.2) is 0 Å². The molecule has 3 rings (SSSR count). The minimum atomic E-state index is 0.445. The predicted octanol–water partition coefficient (Wildman–Crippen LogP) is 3.23. The highest BCUT2D eigenvalue weighted by Crippen LogP contribution is 2.21. The maximum atomic E-state index is 9.08. The predicted molar refractivity (Wildman–Crippen MR) is 97.4 cm³/mol. The Morgan fingerprint density at radius 3 is 2.29 bits per heavy atom. The number of nitriles is 1. The molecule has 0 saturated carbocycles. The maximum absolute atomic E-state index is 9.08. The van der Waals surface area contributed by atoms with E-state index in [0.29, 0.717) is 18.5 Å². The molecule has 1 N–H and O–H groups in total. The third-order valence-corrected chi connectivity index (χ3v) is 4.71. The topological polar surface area (TPSA) is 39.1 Å². The van der Waals surface area contributed by atoms with Crippen LogP contribution in [0.3, 0.4) is 0 Å². The minimum absolute atomic E-state index is 0.445. The first-order valence-corrected chi connectivity index (χ1v) is 8.74. The van der Waals surface area contributed by atoms with Crippen LogP contribution in [-0.4, -0.2) is 30.6 Å². The Hall–Kier alpha value is -2.15. The van der Waals surface area contributed by atoms with Gasteiger partial charge in [-0.1, -0.05) is 60.7 Å². The van der Waals surface area contributed by atoms with Crippen LogP contribution < -0.4 is 5.32 Å². The number of likely N-dealkylation sites (tertiary alicyclic amines) is 1. The van der Waals surface area contributed by atoms with E-state index < -0.39 is 0 Å². The van der Waals surface area contributed by atoms with Crippen LogP contribution in [0.5, 0.6) is 0 Å². The summed E-state index contributed by atoms with van der Waals surface area (Å²) in [6.07, 6.45) is 2.26. The molecule has 1 aliphatic rings. The van der Waals surface area contributed by atoms with Crippen LogP contribution >= 0.6 is 0 Å². The van der Waals surface area contributed by atoms with E-state index in [9.17, 15) is 0 Å². The van der Waals surface area contributed by atoms with Crippen molar-refractivity contribution in [1.29, 1.82) is 5.26 Å². The van der Waals surface area contributed by atoms with Crippen LogP contribution in [0, 0.1) is 17.2 Å². The molecule has 3 heteroatoms. The molecule has 1 saturated heterocycles. The van der Waals surface area contributed by atoms with Crippen molar-refractivity contribution < 1.29 is 0 Å². The first kappa shape index (κ1) is 16.7. The number of piperidine rings is 1. The van der Waals surface area contributed by atoms with Gasteiger partial charge in [0.2, 0.25) is 0 Å². The van der Waals surface area contributed by atoms with Gasteiger partial charge in [0.25, 0.3) is 0 Å².